The molecule has 0 aliphatic carbocycles. The van der Waals surface area contributed by atoms with Crippen LogP contribution < -0.4 is 14.8 Å². The molecule has 1 N–H and O–H groups in total. The SMILES string of the molecule is COc1ccc(-c2nn(Cc3ccccc3)cc2C(=O)NCCOc2ccccc2F)cc1. The average Bonchev–Trinajstić information content (AvgIpc) is 3.27. The van der Waals surface area contributed by atoms with Crippen molar-refractivity contribution in [2.24, 2.45) is 0 Å². The van der Waals surface area contributed by atoms with Gasteiger partial charge in [0.2, 0.25) is 0 Å². The molecule has 0 aliphatic rings. The molecule has 0 radical (unpaired) electrons. The number of para-hydroxylation sites is 1. The number of methoxy groups -OCH3 is 1. The minimum absolute atomic E-state index is 0.142. The Labute approximate surface area is 191 Å². The largest absolute Gasteiger partial charge is 0.497 e. The summed E-state index contributed by atoms with van der Waals surface area (Å²) in [5.41, 5.74) is 2.89. The van der Waals surface area contributed by atoms with Gasteiger partial charge in [0, 0.05) is 11.8 Å². The first-order valence-corrected chi connectivity index (χ1v) is 10.6. The van der Waals surface area contributed by atoms with E-state index in [1.165, 1.54) is 6.07 Å². The molecule has 1 aromatic heterocycles. The van der Waals surface area contributed by atoms with Crippen molar-refractivity contribution < 1.29 is 18.7 Å². The quantitative estimate of drug-likeness (QED) is 0.384. The monoisotopic (exact) mass is 445 g/mol. The van der Waals surface area contributed by atoms with Crippen molar-refractivity contribution in [1.82, 2.24) is 15.1 Å². The maximum atomic E-state index is 13.7. The molecule has 0 atom stereocenters. The predicted molar refractivity (Wildman–Crippen MR) is 124 cm³/mol. The normalized spacial score (nSPS) is 10.6. The van der Waals surface area contributed by atoms with E-state index in [1.807, 2.05) is 54.6 Å². The molecule has 3 aromatic carbocycles. The molecule has 4 aromatic rings. The van der Waals surface area contributed by atoms with Crippen molar-refractivity contribution in [2.75, 3.05) is 20.3 Å². The van der Waals surface area contributed by atoms with Crippen molar-refractivity contribution in [3.63, 3.8) is 0 Å². The van der Waals surface area contributed by atoms with Crippen LogP contribution >= 0.6 is 0 Å². The molecule has 0 saturated carbocycles. The summed E-state index contributed by atoms with van der Waals surface area (Å²) in [5.74, 6) is 0.158. The van der Waals surface area contributed by atoms with E-state index in [0.29, 0.717) is 17.8 Å². The Morgan fingerprint density at radius 1 is 1.00 bits per heavy atom. The lowest BCUT2D eigenvalue weighted by Gasteiger charge is -2.08. The molecule has 1 amide bonds. The van der Waals surface area contributed by atoms with E-state index in [-0.39, 0.29) is 24.8 Å². The standard InChI is InChI=1S/C26H24FN3O3/c1-32-21-13-11-20(12-14-21)25-22(18-30(29-25)17-19-7-3-2-4-8-19)26(31)28-15-16-33-24-10-6-5-9-23(24)27/h2-14,18H,15-17H2,1H3,(H,28,31). The topological polar surface area (TPSA) is 65.4 Å². The Kier molecular flexibility index (Phi) is 6.99. The first-order chi connectivity index (χ1) is 16.1. The molecule has 0 spiro atoms. The lowest BCUT2D eigenvalue weighted by molar-refractivity contribution is 0.0947. The Morgan fingerprint density at radius 2 is 1.73 bits per heavy atom. The number of carbonyl (C=O) groups is 1. The van der Waals surface area contributed by atoms with Crippen LogP contribution in [0.5, 0.6) is 11.5 Å². The summed E-state index contributed by atoms with van der Waals surface area (Å²) in [7, 11) is 1.60. The fraction of sp³-hybridized carbons (Fsp3) is 0.154. The van der Waals surface area contributed by atoms with Crippen LogP contribution in [0.2, 0.25) is 0 Å². The molecule has 0 fully saturated rings. The van der Waals surface area contributed by atoms with E-state index in [0.717, 1.165) is 16.9 Å². The summed E-state index contributed by atoms with van der Waals surface area (Å²) >= 11 is 0. The molecule has 0 saturated heterocycles. The highest BCUT2D eigenvalue weighted by Gasteiger charge is 2.18. The van der Waals surface area contributed by atoms with Crippen molar-refractivity contribution in [2.45, 2.75) is 6.54 Å². The van der Waals surface area contributed by atoms with Gasteiger partial charge < -0.3 is 14.8 Å². The molecule has 1 heterocycles. The Balaban J connectivity index is 1.50. The van der Waals surface area contributed by atoms with Crippen LogP contribution in [-0.2, 0) is 6.54 Å². The smallest absolute Gasteiger partial charge is 0.255 e. The van der Waals surface area contributed by atoms with Crippen LogP contribution in [0, 0.1) is 5.82 Å². The fourth-order valence-corrected chi connectivity index (χ4v) is 3.38. The third-order valence-corrected chi connectivity index (χ3v) is 5.04. The second-order valence-electron chi connectivity index (χ2n) is 7.34. The van der Waals surface area contributed by atoms with Gasteiger partial charge in [-0.1, -0.05) is 42.5 Å². The van der Waals surface area contributed by atoms with Crippen LogP contribution in [0.15, 0.2) is 85.1 Å². The zero-order valence-electron chi connectivity index (χ0n) is 18.2. The molecule has 0 bridgehead atoms. The van der Waals surface area contributed by atoms with Crippen LogP contribution in [-0.4, -0.2) is 35.9 Å². The van der Waals surface area contributed by atoms with Gasteiger partial charge in [0.25, 0.3) is 5.91 Å². The van der Waals surface area contributed by atoms with Gasteiger partial charge in [0.15, 0.2) is 11.6 Å². The van der Waals surface area contributed by atoms with Crippen LogP contribution in [0.25, 0.3) is 11.3 Å². The number of rotatable bonds is 9. The van der Waals surface area contributed by atoms with Gasteiger partial charge in [-0.15, -0.1) is 0 Å². The number of nitrogens with zero attached hydrogens (tertiary/aromatic N) is 2. The van der Waals surface area contributed by atoms with E-state index in [4.69, 9.17) is 9.47 Å². The molecule has 6 nitrogen and oxygen atoms in total. The molecular weight excluding hydrogens is 421 g/mol. The van der Waals surface area contributed by atoms with Crippen LogP contribution in [0.4, 0.5) is 4.39 Å². The van der Waals surface area contributed by atoms with Gasteiger partial charge >= 0.3 is 0 Å². The van der Waals surface area contributed by atoms with Crippen LogP contribution in [0.3, 0.4) is 0 Å². The fourth-order valence-electron chi connectivity index (χ4n) is 3.38. The molecule has 0 aliphatic heterocycles. The predicted octanol–water partition coefficient (Wildman–Crippen LogP) is 4.55. The van der Waals surface area contributed by atoms with Gasteiger partial charge in [-0.3, -0.25) is 9.48 Å². The maximum absolute atomic E-state index is 13.7. The van der Waals surface area contributed by atoms with Crippen molar-refractivity contribution in [1.29, 1.82) is 0 Å². The highest BCUT2D eigenvalue weighted by Crippen LogP contribution is 2.25. The number of benzene rings is 3. The Bertz CT molecular complexity index is 1210. The van der Waals surface area contributed by atoms with E-state index < -0.39 is 5.82 Å². The second kappa shape index (κ2) is 10.5. The minimum atomic E-state index is -0.437. The van der Waals surface area contributed by atoms with Gasteiger partial charge in [-0.05, 0) is 42.0 Å². The first-order valence-electron chi connectivity index (χ1n) is 10.6. The average molecular weight is 445 g/mol. The van der Waals surface area contributed by atoms with Gasteiger partial charge in [0.05, 0.1) is 25.8 Å². The van der Waals surface area contributed by atoms with Crippen molar-refractivity contribution in [3.05, 3.63) is 102 Å². The second-order valence-corrected chi connectivity index (χ2v) is 7.34. The molecule has 168 valence electrons. The number of hydrogen-bond donors (Lipinski definition) is 1. The van der Waals surface area contributed by atoms with E-state index in [9.17, 15) is 9.18 Å². The molecule has 4 rings (SSSR count). The third-order valence-electron chi connectivity index (χ3n) is 5.04. The number of amides is 1. The highest BCUT2D eigenvalue weighted by atomic mass is 19.1. The number of halogens is 1. The number of hydrogen-bond acceptors (Lipinski definition) is 4. The van der Waals surface area contributed by atoms with Crippen LogP contribution in [0.1, 0.15) is 15.9 Å². The van der Waals surface area contributed by atoms with Gasteiger partial charge in [-0.25, -0.2) is 4.39 Å². The summed E-state index contributed by atoms with van der Waals surface area (Å²) in [6, 6.07) is 23.5. The number of nitrogens with one attached hydrogen (secondary N) is 1. The third kappa shape index (κ3) is 5.57. The van der Waals surface area contributed by atoms with E-state index in [1.54, 1.807) is 36.2 Å². The number of ether oxygens (including phenoxy) is 2. The number of carbonyl (C=O) groups excluding carboxylic acids is 1. The first kappa shape index (κ1) is 22.1. The maximum Gasteiger partial charge on any atom is 0.255 e. The van der Waals surface area contributed by atoms with E-state index >= 15 is 0 Å². The summed E-state index contributed by atoms with van der Waals surface area (Å²) in [6.07, 6.45) is 1.74. The molecular formula is C26H24FN3O3. The van der Waals surface area contributed by atoms with Gasteiger partial charge in [-0.2, -0.15) is 5.10 Å². The molecule has 33 heavy (non-hydrogen) atoms. The molecule has 7 heteroatoms. The van der Waals surface area contributed by atoms with E-state index in [2.05, 4.69) is 10.4 Å². The molecule has 0 unspecified atom stereocenters. The summed E-state index contributed by atoms with van der Waals surface area (Å²) in [4.78, 5) is 13.0. The summed E-state index contributed by atoms with van der Waals surface area (Å²) < 4.78 is 26.1. The van der Waals surface area contributed by atoms with Crippen molar-refractivity contribution in [3.8, 4) is 22.8 Å². The summed E-state index contributed by atoms with van der Waals surface area (Å²) in [6.45, 7) is 0.898. The number of aromatic nitrogens is 2. The zero-order valence-corrected chi connectivity index (χ0v) is 18.2. The summed E-state index contributed by atoms with van der Waals surface area (Å²) in [5, 5.41) is 7.51. The Hall–Kier alpha value is -4.13. The zero-order chi connectivity index (χ0) is 23.0. The van der Waals surface area contributed by atoms with Gasteiger partial charge in [0.1, 0.15) is 18.1 Å². The van der Waals surface area contributed by atoms with Crippen molar-refractivity contribution >= 4 is 5.91 Å². The lowest BCUT2D eigenvalue weighted by Crippen LogP contribution is -2.28. The lowest BCUT2D eigenvalue weighted by atomic mass is 10.1. The Morgan fingerprint density at radius 3 is 2.45 bits per heavy atom. The highest BCUT2D eigenvalue weighted by molar-refractivity contribution is 5.99. The minimum Gasteiger partial charge on any atom is -0.497 e.